The minimum Gasteiger partial charge on any atom is -0.496 e. The third-order valence-corrected chi connectivity index (χ3v) is 4.71. The maximum absolute atomic E-state index is 12.3. The fraction of sp³-hybridized carbons (Fsp3) is 0.632. The number of ether oxygens (including phenoxy) is 2. The van der Waals surface area contributed by atoms with E-state index in [9.17, 15) is 4.79 Å². The van der Waals surface area contributed by atoms with Gasteiger partial charge in [-0.3, -0.25) is 4.79 Å². The van der Waals surface area contributed by atoms with Gasteiger partial charge >= 0.3 is 0 Å². The van der Waals surface area contributed by atoms with E-state index >= 15 is 0 Å². The quantitative estimate of drug-likeness (QED) is 0.570. The second-order valence-electron chi connectivity index (χ2n) is 6.40. The molecule has 1 aromatic rings. The summed E-state index contributed by atoms with van der Waals surface area (Å²) in [6.07, 6.45) is 7.83. The molecule has 1 saturated carbocycles. The summed E-state index contributed by atoms with van der Waals surface area (Å²) in [5.41, 5.74) is 1.45. The molecular formula is C19H31ClN2O3. The van der Waals surface area contributed by atoms with Crippen LogP contribution in [0.4, 0.5) is 0 Å². The van der Waals surface area contributed by atoms with Crippen LogP contribution in [0.3, 0.4) is 0 Å². The number of hydrogen-bond donors (Lipinski definition) is 2. The van der Waals surface area contributed by atoms with Gasteiger partial charge in [-0.2, -0.15) is 0 Å². The van der Waals surface area contributed by atoms with Crippen LogP contribution in [-0.4, -0.2) is 39.3 Å². The second kappa shape index (κ2) is 11.2. The highest BCUT2D eigenvalue weighted by Gasteiger charge is 2.14. The predicted octanol–water partition coefficient (Wildman–Crippen LogP) is 3.48. The Balaban J connectivity index is 0.00000312. The molecule has 1 aliphatic rings. The number of amides is 1. The Hall–Kier alpha value is -1.46. The lowest BCUT2D eigenvalue weighted by molar-refractivity contribution is 0.0952. The van der Waals surface area contributed by atoms with Crippen molar-refractivity contribution in [1.29, 1.82) is 0 Å². The number of hydrogen-bond acceptors (Lipinski definition) is 4. The number of benzene rings is 1. The van der Waals surface area contributed by atoms with Crippen molar-refractivity contribution in [3.05, 3.63) is 23.3 Å². The zero-order chi connectivity index (χ0) is 17.4. The average Bonchev–Trinajstić information content (AvgIpc) is 2.87. The van der Waals surface area contributed by atoms with Crippen LogP contribution in [0.2, 0.25) is 0 Å². The van der Waals surface area contributed by atoms with Gasteiger partial charge in [0.15, 0.2) is 0 Å². The normalized spacial score (nSPS) is 15.0. The zero-order valence-electron chi connectivity index (χ0n) is 15.5. The van der Waals surface area contributed by atoms with Crippen LogP contribution in [0.25, 0.3) is 0 Å². The summed E-state index contributed by atoms with van der Waals surface area (Å²) in [5.74, 6) is 1.22. The number of carbonyl (C=O) groups excluding carboxylic acids is 1. The van der Waals surface area contributed by atoms with Gasteiger partial charge in [-0.25, -0.2) is 0 Å². The molecule has 2 N–H and O–H groups in total. The molecule has 0 heterocycles. The van der Waals surface area contributed by atoms with Gasteiger partial charge < -0.3 is 20.1 Å². The topological polar surface area (TPSA) is 59.6 Å². The number of halogens is 1. The molecule has 1 amide bonds. The predicted molar refractivity (Wildman–Crippen MR) is 103 cm³/mol. The van der Waals surface area contributed by atoms with Crippen molar-refractivity contribution in [3.63, 3.8) is 0 Å². The van der Waals surface area contributed by atoms with E-state index in [-0.39, 0.29) is 18.3 Å². The number of rotatable bonds is 7. The summed E-state index contributed by atoms with van der Waals surface area (Å²) < 4.78 is 10.6. The van der Waals surface area contributed by atoms with Crippen LogP contribution < -0.4 is 20.1 Å². The number of nitrogens with one attached hydrogen (secondary N) is 2. The molecule has 1 fully saturated rings. The number of carbonyl (C=O) groups is 1. The fourth-order valence-corrected chi connectivity index (χ4v) is 3.26. The minimum atomic E-state index is -0.103. The Labute approximate surface area is 157 Å². The van der Waals surface area contributed by atoms with E-state index in [1.165, 1.54) is 38.5 Å². The van der Waals surface area contributed by atoms with Crippen molar-refractivity contribution in [3.8, 4) is 11.5 Å². The smallest absolute Gasteiger partial charge is 0.251 e. The SMILES string of the molecule is COc1cc(C(=O)NCCNC2CCCCCC2)cc(OC)c1C.Cl. The first-order valence-corrected chi connectivity index (χ1v) is 8.90. The molecular weight excluding hydrogens is 340 g/mol. The van der Waals surface area contributed by atoms with E-state index in [1.807, 2.05) is 6.92 Å². The zero-order valence-corrected chi connectivity index (χ0v) is 16.3. The van der Waals surface area contributed by atoms with Crippen LogP contribution in [0, 0.1) is 6.92 Å². The molecule has 142 valence electrons. The van der Waals surface area contributed by atoms with Crippen molar-refractivity contribution in [2.75, 3.05) is 27.3 Å². The van der Waals surface area contributed by atoms with Crippen LogP contribution >= 0.6 is 12.4 Å². The largest absolute Gasteiger partial charge is 0.496 e. The van der Waals surface area contributed by atoms with Crippen molar-refractivity contribution < 1.29 is 14.3 Å². The Morgan fingerprint density at radius 1 is 1.04 bits per heavy atom. The van der Waals surface area contributed by atoms with Crippen LogP contribution in [0.15, 0.2) is 12.1 Å². The van der Waals surface area contributed by atoms with E-state index < -0.39 is 0 Å². The molecule has 5 nitrogen and oxygen atoms in total. The molecule has 0 radical (unpaired) electrons. The van der Waals surface area contributed by atoms with Crippen molar-refractivity contribution >= 4 is 18.3 Å². The Morgan fingerprint density at radius 2 is 1.60 bits per heavy atom. The molecule has 0 aliphatic heterocycles. The van der Waals surface area contributed by atoms with E-state index in [1.54, 1.807) is 26.4 Å². The van der Waals surface area contributed by atoms with Crippen LogP contribution in [0.1, 0.15) is 54.4 Å². The molecule has 0 bridgehead atoms. The van der Waals surface area contributed by atoms with Gasteiger partial charge in [0.25, 0.3) is 5.91 Å². The minimum absolute atomic E-state index is 0. The maximum atomic E-state index is 12.3. The van der Waals surface area contributed by atoms with Gasteiger partial charge in [0.1, 0.15) is 11.5 Å². The molecule has 0 atom stereocenters. The highest BCUT2D eigenvalue weighted by atomic mass is 35.5. The van der Waals surface area contributed by atoms with Crippen LogP contribution in [-0.2, 0) is 0 Å². The molecule has 1 aromatic carbocycles. The molecule has 0 unspecified atom stereocenters. The molecule has 6 heteroatoms. The summed E-state index contributed by atoms with van der Waals surface area (Å²) >= 11 is 0. The van der Waals surface area contributed by atoms with Gasteiger partial charge in [0.2, 0.25) is 0 Å². The Kier molecular flexibility index (Phi) is 9.68. The number of methoxy groups -OCH3 is 2. The first-order chi connectivity index (χ1) is 11.7. The molecule has 25 heavy (non-hydrogen) atoms. The maximum Gasteiger partial charge on any atom is 0.251 e. The van der Waals surface area contributed by atoms with Gasteiger partial charge in [0.05, 0.1) is 14.2 Å². The van der Waals surface area contributed by atoms with E-state index in [0.717, 1.165) is 12.1 Å². The molecule has 0 saturated heterocycles. The summed E-state index contributed by atoms with van der Waals surface area (Å²) in [5, 5.41) is 6.52. The lowest BCUT2D eigenvalue weighted by Gasteiger charge is -2.16. The summed E-state index contributed by atoms with van der Waals surface area (Å²) in [6, 6.07) is 4.11. The molecule has 0 aromatic heterocycles. The molecule has 1 aliphatic carbocycles. The van der Waals surface area contributed by atoms with Crippen molar-refractivity contribution in [2.45, 2.75) is 51.5 Å². The summed E-state index contributed by atoms with van der Waals surface area (Å²) in [7, 11) is 3.19. The van der Waals surface area contributed by atoms with Crippen molar-refractivity contribution in [2.24, 2.45) is 0 Å². The van der Waals surface area contributed by atoms with E-state index in [4.69, 9.17) is 9.47 Å². The monoisotopic (exact) mass is 370 g/mol. The third-order valence-electron chi connectivity index (χ3n) is 4.71. The average molecular weight is 371 g/mol. The summed E-state index contributed by atoms with van der Waals surface area (Å²) in [6.45, 7) is 3.33. The Bertz CT molecular complexity index is 518. The lowest BCUT2D eigenvalue weighted by Crippen LogP contribution is -2.36. The first kappa shape index (κ1) is 21.6. The van der Waals surface area contributed by atoms with Crippen LogP contribution in [0.5, 0.6) is 11.5 Å². The Morgan fingerprint density at radius 3 is 2.12 bits per heavy atom. The lowest BCUT2D eigenvalue weighted by atomic mass is 10.1. The standard InChI is InChI=1S/C19H30N2O3.ClH/c1-14-17(23-2)12-15(13-18(14)24-3)19(22)21-11-10-20-16-8-6-4-5-7-9-16;/h12-13,16,20H,4-11H2,1-3H3,(H,21,22);1H. The molecule has 2 rings (SSSR count). The van der Waals surface area contributed by atoms with Gasteiger partial charge in [0, 0.05) is 30.3 Å². The van der Waals surface area contributed by atoms with Gasteiger partial charge in [-0.15, -0.1) is 12.4 Å². The molecule has 0 spiro atoms. The highest BCUT2D eigenvalue weighted by molar-refractivity contribution is 5.95. The van der Waals surface area contributed by atoms with E-state index in [0.29, 0.717) is 29.6 Å². The van der Waals surface area contributed by atoms with Gasteiger partial charge in [-0.1, -0.05) is 25.7 Å². The van der Waals surface area contributed by atoms with Crippen molar-refractivity contribution in [1.82, 2.24) is 10.6 Å². The fourth-order valence-electron chi connectivity index (χ4n) is 3.26. The first-order valence-electron chi connectivity index (χ1n) is 8.90. The third kappa shape index (κ3) is 6.40. The highest BCUT2D eigenvalue weighted by Crippen LogP contribution is 2.29. The van der Waals surface area contributed by atoms with Gasteiger partial charge in [-0.05, 0) is 31.9 Å². The summed E-state index contributed by atoms with van der Waals surface area (Å²) in [4.78, 5) is 12.3. The van der Waals surface area contributed by atoms with E-state index in [2.05, 4.69) is 10.6 Å². The second-order valence-corrected chi connectivity index (χ2v) is 6.40.